The first kappa shape index (κ1) is 14.2. The van der Waals surface area contributed by atoms with Gasteiger partial charge < -0.3 is 10.5 Å². The molecule has 0 aliphatic carbocycles. The summed E-state index contributed by atoms with van der Waals surface area (Å²) in [4.78, 5) is 9.05. The summed E-state index contributed by atoms with van der Waals surface area (Å²) in [6.45, 7) is 4.65. The number of aldehydes is 1. The van der Waals surface area contributed by atoms with E-state index in [1.54, 1.807) is 0 Å². The second kappa shape index (κ2) is 16.9. The highest BCUT2D eigenvalue weighted by molar-refractivity contribution is 5.51. The summed E-state index contributed by atoms with van der Waals surface area (Å²) in [5, 5.41) is 0. The lowest BCUT2D eigenvalue weighted by molar-refractivity contribution is -0.106. The molecule has 0 saturated heterocycles. The van der Waals surface area contributed by atoms with E-state index in [1.165, 1.54) is 38.5 Å². The van der Waals surface area contributed by atoms with Gasteiger partial charge in [-0.15, -0.1) is 0 Å². The molecule has 0 aliphatic rings. The lowest BCUT2D eigenvalue weighted by atomic mass is 10.1. The van der Waals surface area contributed by atoms with Crippen LogP contribution in [0.3, 0.4) is 0 Å². The van der Waals surface area contributed by atoms with Crippen LogP contribution in [0.1, 0.15) is 52.4 Å². The summed E-state index contributed by atoms with van der Waals surface area (Å²) < 4.78 is 0. The molecule has 0 aliphatic heterocycles. The minimum atomic E-state index is 0.139. The first-order chi connectivity index (χ1) is 5.83. The van der Waals surface area contributed by atoms with Crippen molar-refractivity contribution in [1.82, 2.24) is 0 Å². The molecular weight excluding hydrogens is 150 g/mol. The Morgan fingerprint density at radius 2 is 1.33 bits per heavy atom. The highest BCUT2D eigenvalue weighted by Gasteiger charge is 1.83. The number of nitrogens with two attached hydrogens (primary N) is 1. The first-order valence-electron chi connectivity index (χ1n) is 4.97. The first-order valence-corrected chi connectivity index (χ1v) is 4.97. The molecule has 0 aromatic carbocycles. The quantitative estimate of drug-likeness (QED) is 0.495. The van der Waals surface area contributed by atoms with Crippen molar-refractivity contribution in [1.29, 1.82) is 0 Å². The average Bonchev–Trinajstić information content (AvgIpc) is 2.13. The van der Waals surface area contributed by atoms with E-state index in [0.29, 0.717) is 6.29 Å². The maximum Gasteiger partial charge on any atom is 0.133 e. The maximum absolute atomic E-state index is 9.05. The Morgan fingerprint density at radius 1 is 1.00 bits per heavy atom. The summed E-state index contributed by atoms with van der Waals surface area (Å²) in [5.74, 6) is 0. The van der Waals surface area contributed by atoms with Crippen molar-refractivity contribution >= 4 is 6.29 Å². The topological polar surface area (TPSA) is 43.1 Å². The van der Waals surface area contributed by atoms with E-state index in [-0.39, 0.29) is 6.54 Å². The van der Waals surface area contributed by atoms with Crippen molar-refractivity contribution in [3.63, 3.8) is 0 Å². The fraction of sp³-hybridized carbons (Fsp3) is 0.900. The number of hydrogen-bond acceptors (Lipinski definition) is 2. The third-order valence-electron chi connectivity index (χ3n) is 1.55. The van der Waals surface area contributed by atoms with Crippen molar-refractivity contribution in [2.75, 3.05) is 6.54 Å². The molecule has 2 heteroatoms. The summed E-state index contributed by atoms with van der Waals surface area (Å²) in [6, 6.07) is 0. The van der Waals surface area contributed by atoms with Crippen LogP contribution in [0.25, 0.3) is 0 Å². The molecular formula is C10H23NO. The van der Waals surface area contributed by atoms with E-state index in [2.05, 4.69) is 19.6 Å². The number of carbonyl (C=O) groups excluding carboxylic acids is 1. The Bertz CT molecular complexity index is 68.2. The van der Waals surface area contributed by atoms with E-state index < -0.39 is 0 Å². The third kappa shape index (κ3) is 22.6. The van der Waals surface area contributed by atoms with E-state index in [9.17, 15) is 0 Å². The fourth-order valence-electron chi connectivity index (χ4n) is 0.854. The molecule has 0 bridgehead atoms. The van der Waals surface area contributed by atoms with Gasteiger partial charge in [0, 0.05) is 6.54 Å². The minimum Gasteiger partial charge on any atom is -0.324 e. The SMILES string of the molecule is CCCCCCCC.NCC=O. The van der Waals surface area contributed by atoms with Crippen molar-refractivity contribution in [3.05, 3.63) is 0 Å². The Hall–Kier alpha value is -0.370. The summed E-state index contributed by atoms with van der Waals surface area (Å²) in [7, 11) is 0. The molecule has 0 unspecified atom stereocenters. The van der Waals surface area contributed by atoms with Crippen LogP contribution in [-0.4, -0.2) is 12.8 Å². The normalized spacial score (nSPS) is 8.58. The zero-order valence-electron chi connectivity index (χ0n) is 8.51. The standard InChI is InChI=1S/C8H18.C2H5NO/c1-3-5-7-8-6-4-2;3-1-2-4/h3-8H2,1-2H3;2H,1,3H2. The molecule has 0 fully saturated rings. The summed E-state index contributed by atoms with van der Waals surface area (Å²) >= 11 is 0. The Kier molecular flexibility index (Phi) is 20.0. The van der Waals surface area contributed by atoms with E-state index in [0.717, 1.165) is 0 Å². The summed E-state index contributed by atoms with van der Waals surface area (Å²) in [5.41, 5.74) is 4.66. The Morgan fingerprint density at radius 3 is 1.50 bits per heavy atom. The predicted molar refractivity (Wildman–Crippen MR) is 54.2 cm³/mol. The van der Waals surface area contributed by atoms with E-state index in [4.69, 9.17) is 4.79 Å². The molecule has 0 amide bonds. The maximum atomic E-state index is 9.05. The number of hydrogen-bond donors (Lipinski definition) is 1. The van der Waals surface area contributed by atoms with Crippen LogP contribution in [0.4, 0.5) is 0 Å². The van der Waals surface area contributed by atoms with Crippen molar-refractivity contribution in [3.8, 4) is 0 Å². The number of unbranched alkanes of at least 4 members (excludes halogenated alkanes) is 5. The minimum absolute atomic E-state index is 0.139. The highest BCUT2D eigenvalue weighted by atomic mass is 16.1. The molecule has 0 saturated carbocycles. The van der Waals surface area contributed by atoms with E-state index in [1.807, 2.05) is 0 Å². The van der Waals surface area contributed by atoms with Gasteiger partial charge in [-0.3, -0.25) is 0 Å². The predicted octanol–water partition coefficient (Wildman–Crippen LogP) is 2.51. The van der Waals surface area contributed by atoms with Gasteiger partial charge in [0.05, 0.1) is 0 Å². The molecule has 0 heterocycles. The van der Waals surface area contributed by atoms with Crippen LogP contribution in [0.2, 0.25) is 0 Å². The molecule has 0 spiro atoms. The average molecular weight is 173 g/mol. The third-order valence-corrected chi connectivity index (χ3v) is 1.55. The van der Waals surface area contributed by atoms with E-state index >= 15 is 0 Å². The highest BCUT2D eigenvalue weighted by Crippen LogP contribution is 2.03. The molecule has 2 N–H and O–H groups in total. The fourth-order valence-corrected chi connectivity index (χ4v) is 0.854. The lowest BCUT2D eigenvalue weighted by Crippen LogP contribution is -1.97. The van der Waals surface area contributed by atoms with Gasteiger partial charge in [-0.2, -0.15) is 0 Å². The second-order valence-corrected chi connectivity index (χ2v) is 2.82. The van der Waals surface area contributed by atoms with Gasteiger partial charge in [-0.05, 0) is 0 Å². The van der Waals surface area contributed by atoms with Crippen LogP contribution >= 0.6 is 0 Å². The van der Waals surface area contributed by atoms with Gasteiger partial charge in [0.2, 0.25) is 0 Å². The van der Waals surface area contributed by atoms with Gasteiger partial charge >= 0.3 is 0 Å². The Balaban J connectivity index is 0. The zero-order valence-corrected chi connectivity index (χ0v) is 8.51. The molecule has 74 valence electrons. The summed E-state index contributed by atoms with van der Waals surface area (Å²) in [6.07, 6.45) is 9.14. The number of rotatable bonds is 6. The van der Waals surface area contributed by atoms with Gasteiger partial charge in [-0.1, -0.05) is 52.4 Å². The zero-order chi connectivity index (χ0) is 9.66. The lowest BCUT2D eigenvalue weighted by Gasteiger charge is -1.93. The molecule has 0 aromatic heterocycles. The molecule has 0 radical (unpaired) electrons. The molecule has 0 rings (SSSR count). The van der Waals surface area contributed by atoms with Crippen LogP contribution in [0.5, 0.6) is 0 Å². The molecule has 2 nitrogen and oxygen atoms in total. The van der Waals surface area contributed by atoms with Crippen LogP contribution in [0, 0.1) is 0 Å². The molecule has 0 aromatic rings. The van der Waals surface area contributed by atoms with Gasteiger partial charge in [0.1, 0.15) is 6.29 Å². The van der Waals surface area contributed by atoms with Crippen LogP contribution in [0.15, 0.2) is 0 Å². The number of carbonyl (C=O) groups is 1. The van der Waals surface area contributed by atoms with Crippen molar-refractivity contribution in [2.24, 2.45) is 5.73 Å². The van der Waals surface area contributed by atoms with Gasteiger partial charge in [0.25, 0.3) is 0 Å². The van der Waals surface area contributed by atoms with Gasteiger partial charge in [0.15, 0.2) is 0 Å². The van der Waals surface area contributed by atoms with Crippen LogP contribution < -0.4 is 5.73 Å². The largest absolute Gasteiger partial charge is 0.324 e. The molecule has 12 heavy (non-hydrogen) atoms. The van der Waals surface area contributed by atoms with Crippen molar-refractivity contribution in [2.45, 2.75) is 52.4 Å². The van der Waals surface area contributed by atoms with Crippen molar-refractivity contribution < 1.29 is 4.79 Å². The smallest absolute Gasteiger partial charge is 0.133 e. The monoisotopic (exact) mass is 173 g/mol. The second-order valence-electron chi connectivity index (χ2n) is 2.82. The molecule has 0 atom stereocenters. The Labute approximate surface area is 76.5 Å². The van der Waals surface area contributed by atoms with Crippen LogP contribution in [-0.2, 0) is 4.79 Å². The van der Waals surface area contributed by atoms with Gasteiger partial charge in [-0.25, -0.2) is 0 Å².